The molecule has 8 nitrogen and oxygen atoms in total. The van der Waals surface area contributed by atoms with Gasteiger partial charge in [0.1, 0.15) is 5.82 Å². The first kappa shape index (κ1) is 17.0. The van der Waals surface area contributed by atoms with Crippen LogP contribution in [0.3, 0.4) is 0 Å². The normalized spacial score (nSPS) is 15.4. The Morgan fingerprint density at radius 1 is 1.16 bits per heavy atom. The topological polar surface area (TPSA) is 129 Å². The molecule has 25 heavy (non-hydrogen) atoms. The van der Waals surface area contributed by atoms with Gasteiger partial charge in [-0.05, 0) is 44.0 Å². The van der Waals surface area contributed by atoms with E-state index in [0.717, 1.165) is 0 Å². The molecule has 0 aliphatic heterocycles. The minimum atomic E-state index is -3.56. The van der Waals surface area contributed by atoms with E-state index in [1.165, 1.54) is 36.5 Å². The predicted molar refractivity (Wildman–Crippen MR) is 92.1 cm³/mol. The fraction of sp³-hybridized carbons (Fsp3) is 0.250. The zero-order valence-electron chi connectivity index (χ0n) is 13.4. The van der Waals surface area contributed by atoms with Crippen molar-refractivity contribution < 1.29 is 23.4 Å². The highest BCUT2D eigenvalue weighted by molar-refractivity contribution is 7.94. The van der Waals surface area contributed by atoms with Gasteiger partial charge in [-0.25, -0.2) is 13.4 Å². The lowest BCUT2D eigenvalue weighted by Crippen LogP contribution is -2.27. The van der Waals surface area contributed by atoms with E-state index < -0.39 is 20.7 Å². The van der Waals surface area contributed by atoms with Crippen molar-refractivity contribution in [3.63, 3.8) is 0 Å². The average molecular weight is 363 g/mol. The number of aromatic nitrogens is 1. The lowest BCUT2D eigenvalue weighted by atomic mass is 10.2. The largest absolute Gasteiger partial charge is 0.504 e. The van der Waals surface area contributed by atoms with Gasteiger partial charge in [0.05, 0.1) is 4.75 Å². The van der Waals surface area contributed by atoms with Crippen LogP contribution in [0, 0.1) is 0 Å². The lowest BCUT2D eigenvalue weighted by Gasteiger charge is -2.13. The number of carbonyl (C=O) groups is 1. The van der Waals surface area contributed by atoms with Crippen LogP contribution in [0.4, 0.5) is 11.5 Å². The van der Waals surface area contributed by atoms with Crippen molar-refractivity contribution in [2.24, 2.45) is 0 Å². The number of phenolic OH excluding ortho intramolecular Hbond substituents is 2. The van der Waals surface area contributed by atoms with Crippen LogP contribution in [0.2, 0.25) is 0 Å². The van der Waals surface area contributed by atoms with Crippen molar-refractivity contribution in [1.29, 1.82) is 0 Å². The van der Waals surface area contributed by atoms with E-state index in [4.69, 9.17) is 0 Å². The van der Waals surface area contributed by atoms with Crippen molar-refractivity contribution in [1.82, 2.24) is 4.98 Å². The number of hydrogen-bond acceptors (Lipinski definition) is 6. The molecule has 0 unspecified atom stereocenters. The number of rotatable bonds is 5. The van der Waals surface area contributed by atoms with Gasteiger partial charge in [-0.2, -0.15) is 0 Å². The molecule has 1 aromatic carbocycles. The Balaban J connectivity index is 1.76. The summed E-state index contributed by atoms with van der Waals surface area (Å²) in [5.74, 6) is -1.11. The number of amides is 1. The molecule has 0 bridgehead atoms. The molecule has 0 radical (unpaired) electrons. The summed E-state index contributed by atoms with van der Waals surface area (Å²) in [6.45, 7) is 1.66. The van der Waals surface area contributed by atoms with Gasteiger partial charge in [0.25, 0.3) is 5.91 Å². The smallest absolute Gasteiger partial charge is 0.255 e. The van der Waals surface area contributed by atoms with Gasteiger partial charge in [-0.15, -0.1) is 0 Å². The van der Waals surface area contributed by atoms with E-state index in [2.05, 4.69) is 15.0 Å². The molecule has 2 aromatic rings. The number of pyridine rings is 1. The average Bonchev–Trinajstić information content (AvgIpc) is 3.30. The van der Waals surface area contributed by atoms with Gasteiger partial charge in [-0.1, -0.05) is 0 Å². The molecule has 0 spiro atoms. The first-order valence-corrected chi connectivity index (χ1v) is 9.00. The molecule has 9 heteroatoms. The molecule has 4 N–H and O–H groups in total. The third kappa shape index (κ3) is 3.50. The molecular formula is C16H17N3O5S. The van der Waals surface area contributed by atoms with Crippen LogP contribution in [0.1, 0.15) is 30.1 Å². The van der Waals surface area contributed by atoms with Gasteiger partial charge in [0, 0.05) is 23.5 Å². The number of carbonyl (C=O) groups excluding carboxylic acids is 1. The van der Waals surface area contributed by atoms with Gasteiger partial charge < -0.3 is 15.5 Å². The summed E-state index contributed by atoms with van der Waals surface area (Å²) in [7, 11) is -3.56. The summed E-state index contributed by atoms with van der Waals surface area (Å²) in [4.78, 5) is 16.2. The van der Waals surface area contributed by atoms with Crippen LogP contribution >= 0.6 is 0 Å². The van der Waals surface area contributed by atoms with Crippen LogP contribution in [-0.2, 0) is 10.0 Å². The van der Waals surface area contributed by atoms with Crippen LogP contribution in [0.15, 0.2) is 36.5 Å². The number of nitrogens with one attached hydrogen (secondary N) is 2. The van der Waals surface area contributed by atoms with Gasteiger partial charge in [-0.3, -0.25) is 9.52 Å². The maximum atomic E-state index is 12.3. The van der Waals surface area contributed by atoms with Gasteiger partial charge in [0.15, 0.2) is 11.5 Å². The number of hydrogen-bond donors (Lipinski definition) is 4. The van der Waals surface area contributed by atoms with E-state index in [9.17, 15) is 23.4 Å². The van der Waals surface area contributed by atoms with Crippen LogP contribution < -0.4 is 10.0 Å². The Morgan fingerprint density at radius 2 is 1.88 bits per heavy atom. The summed E-state index contributed by atoms with van der Waals surface area (Å²) in [6, 6.07) is 6.64. The number of benzene rings is 1. The third-order valence-electron chi connectivity index (χ3n) is 4.10. The second-order valence-corrected chi connectivity index (χ2v) is 8.34. The van der Waals surface area contributed by atoms with Crippen molar-refractivity contribution in [3.8, 4) is 11.5 Å². The van der Waals surface area contributed by atoms with Crippen molar-refractivity contribution in [3.05, 3.63) is 42.1 Å². The highest BCUT2D eigenvalue weighted by Crippen LogP contribution is 2.43. The zero-order valence-corrected chi connectivity index (χ0v) is 14.2. The van der Waals surface area contributed by atoms with Crippen LogP contribution in [-0.4, -0.2) is 34.3 Å². The van der Waals surface area contributed by atoms with Crippen molar-refractivity contribution >= 4 is 27.4 Å². The first-order valence-electron chi connectivity index (χ1n) is 7.52. The third-order valence-corrected chi connectivity index (χ3v) is 6.28. The maximum absolute atomic E-state index is 12.3. The van der Waals surface area contributed by atoms with Crippen molar-refractivity contribution in [2.45, 2.75) is 24.5 Å². The molecule has 1 aliphatic carbocycles. The monoisotopic (exact) mass is 363 g/mol. The van der Waals surface area contributed by atoms with E-state index in [0.29, 0.717) is 12.8 Å². The Kier molecular flexibility index (Phi) is 4.03. The number of phenols is 2. The SMILES string of the molecule is CC1(S(=O)(=O)Nc2cc(C(=O)Nc3ccc(O)c(O)c3)ccn2)CC1. The molecule has 0 saturated heterocycles. The van der Waals surface area contributed by atoms with E-state index in [-0.39, 0.29) is 28.6 Å². The molecule has 3 rings (SSSR count). The molecular weight excluding hydrogens is 346 g/mol. The summed E-state index contributed by atoms with van der Waals surface area (Å²) >= 11 is 0. The summed E-state index contributed by atoms with van der Waals surface area (Å²) in [5.41, 5.74) is 0.478. The molecule has 1 amide bonds. The van der Waals surface area contributed by atoms with Gasteiger partial charge in [0.2, 0.25) is 10.0 Å². The summed E-state index contributed by atoms with van der Waals surface area (Å²) in [6.07, 6.45) is 2.51. The summed E-state index contributed by atoms with van der Waals surface area (Å²) < 4.78 is 26.1. The quantitative estimate of drug-likeness (QED) is 0.475. The van der Waals surface area contributed by atoms with Crippen molar-refractivity contribution in [2.75, 3.05) is 10.0 Å². The fourth-order valence-electron chi connectivity index (χ4n) is 2.14. The second kappa shape index (κ2) is 5.92. The Labute approximate surface area is 144 Å². The number of sulfonamides is 1. The molecule has 1 aromatic heterocycles. The van der Waals surface area contributed by atoms with Crippen LogP contribution in [0.5, 0.6) is 11.5 Å². The number of nitrogens with zero attached hydrogens (tertiary/aromatic N) is 1. The minimum Gasteiger partial charge on any atom is -0.504 e. The standard InChI is InChI=1S/C16H17N3O5S/c1-16(5-6-16)25(23,24)19-14-8-10(4-7-17-14)15(22)18-11-2-3-12(20)13(21)9-11/h2-4,7-9,20-21H,5-6H2,1H3,(H,17,19)(H,18,22). The highest BCUT2D eigenvalue weighted by Gasteiger charge is 2.50. The first-order chi connectivity index (χ1) is 11.7. The van der Waals surface area contributed by atoms with Crippen LogP contribution in [0.25, 0.3) is 0 Å². The Hall–Kier alpha value is -2.81. The second-order valence-electron chi connectivity index (χ2n) is 6.14. The number of aromatic hydroxyl groups is 2. The van der Waals surface area contributed by atoms with E-state index in [1.54, 1.807) is 6.92 Å². The predicted octanol–water partition coefficient (Wildman–Crippen LogP) is 2.04. The fourth-order valence-corrected chi connectivity index (χ4v) is 3.41. The lowest BCUT2D eigenvalue weighted by molar-refractivity contribution is 0.102. The minimum absolute atomic E-state index is 0.0642. The summed E-state index contributed by atoms with van der Waals surface area (Å²) in [5, 5.41) is 21.3. The Morgan fingerprint density at radius 3 is 2.52 bits per heavy atom. The molecule has 1 saturated carbocycles. The van der Waals surface area contributed by atoms with Gasteiger partial charge >= 0.3 is 0 Å². The number of anilines is 2. The molecule has 0 atom stereocenters. The molecule has 1 heterocycles. The zero-order chi connectivity index (χ0) is 18.2. The highest BCUT2D eigenvalue weighted by atomic mass is 32.2. The molecule has 1 aliphatic rings. The molecule has 1 fully saturated rings. The molecule has 132 valence electrons. The Bertz CT molecular complexity index is 939. The van der Waals surface area contributed by atoms with E-state index in [1.807, 2.05) is 0 Å². The van der Waals surface area contributed by atoms with E-state index >= 15 is 0 Å². The maximum Gasteiger partial charge on any atom is 0.255 e.